The number of allylic oxidation sites excluding steroid dienone is 3. The normalized spacial score (nSPS) is 11.8. The second-order valence-corrected chi connectivity index (χ2v) is 5.10. The highest BCUT2D eigenvalue weighted by atomic mass is 19.4. The molecular weight excluding hydrogens is 331 g/mol. The first kappa shape index (κ1) is 20.2. The van der Waals surface area contributed by atoms with Crippen LogP contribution in [-0.2, 0) is 4.79 Å². The van der Waals surface area contributed by atoms with Crippen LogP contribution in [-0.4, -0.2) is 12.1 Å². The summed E-state index contributed by atoms with van der Waals surface area (Å²) >= 11 is 0. The zero-order valence-corrected chi connectivity index (χ0v) is 13.6. The molecule has 0 aliphatic carbocycles. The van der Waals surface area contributed by atoms with Gasteiger partial charge in [0.2, 0.25) is 0 Å². The van der Waals surface area contributed by atoms with Crippen LogP contribution in [0.1, 0.15) is 18.1 Å². The molecule has 6 heteroatoms. The molecule has 0 aliphatic heterocycles. The Hall–Kier alpha value is -2.86. The maximum atomic E-state index is 10.5. The summed E-state index contributed by atoms with van der Waals surface area (Å²) in [5.41, 5.74) is 8.64. The van der Waals surface area contributed by atoms with Crippen LogP contribution in [0.2, 0.25) is 0 Å². The van der Waals surface area contributed by atoms with Crippen LogP contribution in [0.5, 0.6) is 0 Å². The zero-order chi connectivity index (χ0) is 18.9. The lowest BCUT2D eigenvalue weighted by Gasteiger charge is -2.03. The number of carbonyl (C=O) groups is 1. The monoisotopic (exact) mass is 349 g/mol. The number of carboxylic acids is 1. The molecule has 0 heterocycles. The molecule has 132 valence electrons. The fourth-order valence-electron chi connectivity index (χ4n) is 1.73. The van der Waals surface area contributed by atoms with E-state index in [2.05, 4.69) is 55.2 Å². The van der Waals surface area contributed by atoms with E-state index in [0.29, 0.717) is 0 Å². The number of carboxylic acid groups (broad SMARTS) is 1. The lowest BCUT2D eigenvalue weighted by Crippen LogP contribution is -2.39. The molecule has 2 rings (SSSR count). The molecule has 3 nitrogen and oxygen atoms in total. The molecule has 0 amide bonds. The Bertz CT molecular complexity index is 734. The zero-order valence-electron chi connectivity index (χ0n) is 13.6. The third-order valence-electron chi connectivity index (χ3n) is 3.08. The van der Waals surface area contributed by atoms with Crippen LogP contribution >= 0.6 is 0 Å². The highest BCUT2D eigenvalue weighted by Crippen LogP contribution is 2.15. The van der Waals surface area contributed by atoms with E-state index >= 15 is 0 Å². The van der Waals surface area contributed by atoms with E-state index in [4.69, 9.17) is 9.90 Å². The van der Waals surface area contributed by atoms with Crippen molar-refractivity contribution < 1.29 is 28.8 Å². The molecule has 3 N–H and O–H groups in total. The Labute approximate surface area is 143 Å². The Morgan fingerprint density at radius 2 is 1.56 bits per heavy atom. The van der Waals surface area contributed by atoms with Crippen molar-refractivity contribution in [1.29, 1.82) is 0 Å². The summed E-state index contributed by atoms with van der Waals surface area (Å²) in [7, 11) is 0. The first-order chi connectivity index (χ1) is 11.7. The van der Waals surface area contributed by atoms with Gasteiger partial charge in [0, 0.05) is 0 Å². The molecule has 0 radical (unpaired) electrons. The largest absolute Gasteiger partial charge is 0.542 e. The van der Waals surface area contributed by atoms with E-state index in [1.807, 2.05) is 30.3 Å². The SMILES string of the molecule is C/C(=C\C=C\c1ccccc1)c1ccc([NH3+])cc1.O=C([O-])C(F)(F)F. The lowest BCUT2D eigenvalue weighted by molar-refractivity contribution is -0.344. The van der Waals surface area contributed by atoms with E-state index in [0.717, 1.165) is 5.69 Å². The number of rotatable bonds is 3. The molecule has 2 aromatic rings. The summed E-state index contributed by atoms with van der Waals surface area (Å²) in [4.78, 5) is 8.78. The van der Waals surface area contributed by atoms with E-state index in [-0.39, 0.29) is 0 Å². The van der Waals surface area contributed by atoms with Crippen molar-refractivity contribution in [3.63, 3.8) is 0 Å². The number of halogens is 3. The minimum Gasteiger partial charge on any atom is -0.542 e. The Kier molecular flexibility index (Phi) is 7.62. The molecule has 25 heavy (non-hydrogen) atoms. The van der Waals surface area contributed by atoms with Gasteiger partial charge >= 0.3 is 6.18 Å². The van der Waals surface area contributed by atoms with Gasteiger partial charge in [-0.25, -0.2) is 0 Å². The van der Waals surface area contributed by atoms with Crippen molar-refractivity contribution in [2.75, 3.05) is 0 Å². The van der Waals surface area contributed by atoms with Gasteiger partial charge in [0.1, 0.15) is 11.7 Å². The highest BCUT2D eigenvalue weighted by molar-refractivity contribution is 5.70. The second kappa shape index (κ2) is 9.44. The fraction of sp³-hybridized carbons (Fsp3) is 0.105. The molecular formula is C19H18F3NO2. The molecule has 0 aliphatic rings. The minimum absolute atomic E-state index is 1.05. The van der Waals surface area contributed by atoms with Gasteiger partial charge in [-0.3, -0.25) is 0 Å². The molecule has 2 aromatic carbocycles. The van der Waals surface area contributed by atoms with E-state index in [9.17, 15) is 13.2 Å². The van der Waals surface area contributed by atoms with Crippen molar-refractivity contribution in [2.45, 2.75) is 13.1 Å². The Morgan fingerprint density at radius 1 is 1.04 bits per heavy atom. The Morgan fingerprint density at radius 3 is 2.04 bits per heavy atom. The summed E-state index contributed by atoms with van der Waals surface area (Å²) in [6, 6.07) is 18.6. The maximum Gasteiger partial charge on any atom is 0.430 e. The van der Waals surface area contributed by atoms with Crippen LogP contribution in [0.4, 0.5) is 18.9 Å². The van der Waals surface area contributed by atoms with Gasteiger partial charge in [-0.2, -0.15) is 13.2 Å². The number of hydrogen-bond acceptors (Lipinski definition) is 2. The third kappa shape index (κ3) is 7.99. The quantitative estimate of drug-likeness (QED) is 0.866. The van der Waals surface area contributed by atoms with Crippen molar-refractivity contribution in [1.82, 2.24) is 0 Å². The van der Waals surface area contributed by atoms with Gasteiger partial charge in [-0.15, -0.1) is 0 Å². The lowest BCUT2D eigenvalue weighted by atomic mass is 10.1. The molecule has 0 bridgehead atoms. The second-order valence-electron chi connectivity index (χ2n) is 5.10. The standard InChI is InChI=1S/C17H17N.C2HF3O2/c1-14(16-10-12-17(18)13-11-16)6-5-9-15-7-3-2-4-8-15;3-2(4,5)1(6)7/h2-13H,18H2,1H3;(H,6,7)/b9-5+,14-6+;. The predicted molar refractivity (Wildman–Crippen MR) is 89.2 cm³/mol. The number of alkyl halides is 3. The number of carbonyl (C=O) groups excluding carboxylic acids is 1. The molecule has 0 aromatic heterocycles. The molecule has 0 saturated carbocycles. The summed E-state index contributed by atoms with van der Waals surface area (Å²) in [6.45, 7) is 2.12. The molecule has 0 atom stereocenters. The van der Waals surface area contributed by atoms with Crippen LogP contribution in [0.3, 0.4) is 0 Å². The third-order valence-corrected chi connectivity index (χ3v) is 3.08. The van der Waals surface area contributed by atoms with Crippen LogP contribution in [0, 0.1) is 0 Å². The van der Waals surface area contributed by atoms with Crippen molar-refractivity contribution >= 4 is 23.3 Å². The van der Waals surface area contributed by atoms with Gasteiger partial charge in [0.25, 0.3) is 0 Å². The van der Waals surface area contributed by atoms with E-state index in [1.165, 1.54) is 16.7 Å². The summed E-state index contributed by atoms with van der Waals surface area (Å²) in [5.74, 6) is -3.01. The van der Waals surface area contributed by atoms with Crippen molar-refractivity contribution in [2.24, 2.45) is 0 Å². The van der Waals surface area contributed by atoms with Gasteiger partial charge in [0.15, 0.2) is 0 Å². The highest BCUT2D eigenvalue weighted by Gasteiger charge is 2.28. The summed E-state index contributed by atoms with van der Waals surface area (Å²) < 4.78 is 31.5. The van der Waals surface area contributed by atoms with Gasteiger partial charge in [-0.1, -0.05) is 48.6 Å². The van der Waals surface area contributed by atoms with Gasteiger partial charge < -0.3 is 15.6 Å². The van der Waals surface area contributed by atoms with E-state index in [1.54, 1.807) is 0 Å². The van der Waals surface area contributed by atoms with Crippen LogP contribution in [0.15, 0.2) is 66.7 Å². The number of benzene rings is 2. The average Bonchev–Trinajstić information content (AvgIpc) is 2.56. The topological polar surface area (TPSA) is 67.8 Å². The minimum atomic E-state index is -5.19. The van der Waals surface area contributed by atoms with Gasteiger partial charge in [0.05, 0.1) is 0 Å². The summed E-state index contributed by atoms with van der Waals surface area (Å²) in [6.07, 6.45) is 1.13. The Balaban J connectivity index is 0.000000381. The summed E-state index contributed by atoms with van der Waals surface area (Å²) in [5, 5.41) is 8.78. The molecule has 0 spiro atoms. The number of hydrogen-bond donors (Lipinski definition) is 1. The fourth-order valence-corrected chi connectivity index (χ4v) is 1.73. The average molecular weight is 349 g/mol. The maximum absolute atomic E-state index is 10.5. The first-order valence-corrected chi connectivity index (χ1v) is 7.30. The van der Waals surface area contributed by atoms with Crippen molar-refractivity contribution in [3.8, 4) is 0 Å². The van der Waals surface area contributed by atoms with Gasteiger partial charge in [-0.05, 0) is 47.9 Å². The molecule has 0 fully saturated rings. The first-order valence-electron chi connectivity index (χ1n) is 7.30. The van der Waals surface area contributed by atoms with Crippen molar-refractivity contribution in [3.05, 3.63) is 77.9 Å². The predicted octanol–water partition coefficient (Wildman–Crippen LogP) is 2.98. The number of quaternary nitrogens is 1. The van der Waals surface area contributed by atoms with E-state index < -0.39 is 12.1 Å². The van der Waals surface area contributed by atoms with Crippen LogP contribution < -0.4 is 10.8 Å². The van der Waals surface area contributed by atoms with Crippen LogP contribution in [0.25, 0.3) is 11.6 Å². The molecule has 0 saturated heterocycles. The smallest absolute Gasteiger partial charge is 0.430 e. The number of aliphatic carboxylic acids is 1. The molecule has 0 unspecified atom stereocenters.